The number of aromatic nitrogens is 2. The molecule has 0 aliphatic carbocycles. The van der Waals surface area contributed by atoms with Gasteiger partial charge in [0.25, 0.3) is 11.5 Å². The van der Waals surface area contributed by atoms with E-state index >= 15 is 0 Å². The molecule has 3 rings (SSSR count). The SMILES string of the molecule is Cc1ccc(C)c(OC(C)C(=O)NCCn2cnc(-c3ccc(F)cc3)cc2=O)c1. The number of hydrogen-bond acceptors (Lipinski definition) is 4. The number of ether oxygens (including phenoxy) is 1. The summed E-state index contributed by atoms with van der Waals surface area (Å²) in [7, 11) is 0. The van der Waals surface area contributed by atoms with Gasteiger partial charge in [-0.15, -0.1) is 0 Å². The molecule has 30 heavy (non-hydrogen) atoms. The Hall–Kier alpha value is -3.48. The van der Waals surface area contributed by atoms with Crippen LogP contribution in [0.15, 0.2) is 59.7 Å². The Labute approximate surface area is 174 Å². The minimum Gasteiger partial charge on any atom is -0.481 e. The summed E-state index contributed by atoms with van der Waals surface area (Å²) in [6.45, 7) is 6.11. The highest BCUT2D eigenvalue weighted by Gasteiger charge is 2.15. The first kappa shape index (κ1) is 21.2. The van der Waals surface area contributed by atoms with Crippen molar-refractivity contribution >= 4 is 5.91 Å². The molecule has 1 amide bonds. The summed E-state index contributed by atoms with van der Waals surface area (Å²) in [6, 6.07) is 13.0. The Kier molecular flexibility index (Phi) is 6.61. The molecule has 1 aromatic heterocycles. The number of nitrogens with one attached hydrogen (secondary N) is 1. The van der Waals surface area contributed by atoms with Crippen molar-refractivity contribution in [1.29, 1.82) is 0 Å². The molecular formula is C23H24FN3O3. The van der Waals surface area contributed by atoms with Gasteiger partial charge < -0.3 is 10.1 Å². The molecule has 0 saturated heterocycles. The highest BCUT2D eigenvalue weighted by atomic mass is 19.1. The van der Waals surface area contributed by atoms with Gasteiger partial charge in [-0.2, -0.15) is 0 Å². The number of nitrogens with zero attached hydrogens (tertiary/aromatic N) is 2. The summed E-state index contributed by atoms with van der Waals surface area (Å²) in [4.78, 5) is 28.9. The molecule has 1 unspecified atom stereocenters. The van der Waals surface area contributed by atoms with Crippen LogP contribution in [0, 0.1) is 19.7 Å². The second kappa shape index (κ2) is 9.35. The molecule has 1 atom stereocenters. The van der Waals surface area contributed by atoms with Gasteiger partial charge >= 0.3 is 0 Å². The van der Waals surface area contributed by atoms with Crippen molar-refractivity contribution in [2.24, 2.45) is 0 Å². The van der Waals surface area contributed by atoms with Crippen LogP contribution in [0.5, 0.6) is 5.75 Å². The van der Waals surface area contributed by atoms with Crippen LogP contribution in [0.2, 0.25) is 0 Å². The van der Waals surface area contributed by atoms with Gasteiger partial charge in [0, 0.05) is 24.7 Å². The number of carbonyl (C=O) groups excluding carboxylic acids is 1. The van der Waals surface area contributed by atoms with E-state index in [1.807, 2.05) is 32.0 Å². The maximum atomic E-state index is 13.0. The van der Waals surface area contributed by atoms with Gasteiger partial charge in [-0.25, -0.2) is 9.37 Å². The predicted molar refractivity (Wildman–Crippen MR) is 113 cm³/mol. The van der Waals surface area contributed by atoms with E-state index in [4.69, 9.17) is 4.74 Å². The van der Waals surface area contributed by atoms with Gasteiger partial charge in [-0.3, -0.25) is 14.2 Å². The van der Waals surface area contributed by atoms with Gasteiger partial charge in [-0.1, -0.05) is 12.1 Å². The first-order valence-electron chi connectivity index (χ1n) is 9.67. The van der Waals surface area contributed by atoms with Crippen molar-refractivity contribution in [2.75, 3.05) is 6.54 Å². The minimum atomic E-state index is -0.666. The van der Waals surface area contributed by atoms with Gasteiger partial charge in [0.05, 0.1) is 12.0 Å². The summed E-state index contributed by atoms with van der Waals surface area (Å²) >= 11 is 0. The molecule has 0 bridgehead atoms. The maximum Gasteiger partial charge on any atom is 0.260 e. The molecule has 0 fully saturated rings. The molecule has 0 spiro atoms. The van der Waals surface area contributed by atoms with E-state index in [0.717, 1.165) is 11.1 Å². The van der Waals surface area contributed by atoms with Crippen LogP contribution in [0.1, 0.15) is 18.1 Å². The number of amides is 1. The fourth-order valence-electron chi connectivity index (χ4n) is 2.89. The van der Waals surface area contributed by atoms with Gasteiger partial charge in [0.2, 0.25) is 0 Å². The molecule has 0 aliphatic rings. The Balaban J connectivity index is 1.55. The lowest BCUT2D eigenvalue weighted by Crippen LogP contribution is -2.39. The second-order valence-corrected chi connectivity index (χ2v) is 7.13. The molecule has 0 aliphatic heterocycles. The lowest BCUT2D eigenvalue weighted by molar-refractivity contribution is -0.127. The highest BCUT2D eigenvalue weighted by Crippen LogP contribution is 2.20. The Morgan fingerprint density at radius 3 is 2.60 bits per heavy atom. The summed E-state index contributed by atoms with van der Waals surface area (Å²) in [6.07, 6.45) is 0.754. The first-order chi connectivity index (χ1) is 14.3. The van der Waals surface area contributed by atoms with Crippen molar-refractivity contribution < 1.29 is 13.9 Å². The average Bonchev–Trinajstić information content (AvgIpc) is 2.72. The molecule has 1 heterocycles. The van der Waals surface area contributed by atoms with Gasteiger partial charge in [0.15, 0.2) is 6.10 Å². The topological polar surface area (TPSA) is 73.2 Å². The summed E-state index contributed by atoms with van der Waals surface area (Å²) in [5.41, 5.74) is 2.89. The number of rotatable bonds is 7. The zero-order valence-electron chi connectivity index (χ0n) is 17.2. The molecule has 3 aromatic rings. The van der Waals surface area contributed by atoms with E-state index < -0.39 is 6.10 Å². The monoisotopic (exact) mass is 409 g/mol. The Morgan fingerprint density at radius 1 is 1.17 bits per heavy atom. The number of halogens is 1. The Bertz CT molecular complexity index is 1090. The normalized spacial score (nSPS) is 11.7. The van der Waals surface area contributed by atoms with Crippen LogP contribution >= 0.6 is 0 Å². The van der Waals surface area contributed by atoms with Crippen LogP contribution in [0.3, 0.4) is 0 Å². The zero-order valence-corrected chi connectivity index (χ0v) is 17.2. The van der Waals surface area contributed by atoms with E-state index in [1.54, 1.807) is 19.1 Å². The molecule has 0 radical (unpaired) electrons. The summed E-state index contributed by atoms with van der Waals surface area (Å²) < 4.78 is 20.2. The molecule has 7 heteroatoms. The maximum absolute atomic E-state index is 13.0. The molecular weight excluding hydrogens is 385 g/mol. The summed E-state index contributed by atoms with van der Waals surface area (Å²) in [5.74, 6) is 0.0629. The molecule has 0 saturated carbocycles. The fraction of sp³-hybridized carbons (Fsp3) is 0.261. The van der Waals surface area contributed by atoms with E-state index in [0.29, 0.717) is 17.0 Å². The van der Waals surface area contributed by atoms with Crippen molar-refractivity contribution in [2.45, 2.75) is 33.4 Å². The van der Waals surface area contributed by atoms with Crippen molar-refractivity contribution in [3.63, 3.8) is 0 Å². The minimum absolute atomic E-state index is 0.252. The van der Waals surface area contributed by atoms with E-state index in [2.05, 4.69) is 10.3 Å². The predicted octanol–water partition coefficient (Wildman–Crippen LogP) is 3.25. The summed E-state index contributed by atoms with van der Waals surface area (Å²) in [5, 5.41) is 2.77. The molecule has 1 N–H and O–H groups in total. The van der Waals surface area contributed by atoms with Crippen LogP contribution < -0.4 is 15.6 Å². The van der Waals surface area contributed by atoms with E-state index in [1.165, 1.54) is 29.1 Å². The van der Waals surface area contributed by atoms with Crippen molar-refractivity contribution in [3.05, 3.63) is 82.2 Å². The number of carbonyl (C=O) groups is 1. The highest BCUT2D eigenvalue weighted by molar-refractivity contribution is 5.80. The third kappa shape index (κ3) is 5.31. The lowest BCUT2D eigenvalue weighted by Gasteiger charge is -2.17. The van der Waals surface area contributed by atoms with Crippen LogP contribution in [-0.4, -0.2) is 28.1 Å². The second-order valence-electron chi connectivity index (χ2n) is 7.13. The smallest absolute Gasteiger partial charge is 0.260 e. The molecule has 6 nitrogen and oxygen atoms in total. The van der Waals surface area contributed by atoms with Gasteiger partial charge in [0.1, 0.15) is 11.6 Å². The lowest BCUT2D eigenvalue weighted by atomic mass is 10.1. The van der Waals surface area contributed by atoms with Gasteiger partial charge in [-0.05, 0) is 62.2 Å². The Morgan fingerprint density at radius 2 is 1.90 bits per heavy atom. The van der Waals surface area contributed by atoms with E-state index in [9.17, 15) is 14.0 Å². The number of benzene rings is 2. The third-order valence-electron chi connectivity index (χ3n) is 4.69. The van der Waals surface area contributed by atoms with Crippen LogP contribution in [0.25, 0.3) is 11.3 Å². The third-order valence-corrected chi connectivity index (χ3v) is 4.69. The zero-order chi connectivity index (χ0) is 21.7. The number of hydrogen-bond donors (Lipinski definition) is 1. The molecule has 156 valence electrons. The quantitative estimate of drug-likeness (QED) is 0.650. The van der Waals surface area contributed by atoms with E-state index in [-0.39, 0.29) is 30.4 Å². The van der Waals surface area contributed by atoms with Crippen LogP contribution in [-0.2, 0) is 11.3 Å². The van der Waals surface area contributed by atoms with Crippen molar-refractivity contribution in [1.82, 2.24) is 14.9 Å². The largest absolute Gasteiger partial charge is 0.481 e. The standard InChI is InChI=1S/C23H24FN3O3/c1-15-4-5-16(2)21(12-15)30-17(3)23(29)25-10-11-27-14-26-20(13-22(27)28)18-6-8-19(24)9-7-18/h4-9,12-14,17H,10-11H2,1-3H3,(H,25,29). The van der Waals surface area contributed by atoms with Crippen molar-refractivity contribution in [3.8, 4) is 17.0 Å². The number of aryl methyl sites for hydroxylation is 2. The average molecular weight is 409 g/mol. The fourth-order valence-corrected chi connectivity index (χ4v) is 2.89. The molecule has 2 aromatic carbocycles. The first-order valence-corrected chi connectivity index (χ1v) is 9.67. The van der Waals surface area contributed by atoms with Crippen LogP contribution in [0.4, 0.5) is 4.39 Å².